The Morgan fingerprint density at radius 1 is 0.900 bits per heavy atom. The fourth-order valence-corrected chi connectivity index (χ4v) is 1.85. The third-order valence-corrected chi connectivity index (χ3v) is 3.01. The Morgan fingerprint density at radius 3 is 2.10 bits per heavy atom. The summed E-state index contributed by atoms with van der Waals surface area (Å²) in [7, 11) is 0. The fourth-order valence-electron chi connectivity index (χ4n) is 1.85. The number of ether oxygens (including phenoxy) is 1. The summed E-state index contributed by atoms with van der Waals surface area (Å²) in [5.41, 5.74) is 2.88. The molecule has 0 unspecified atom stereocenters. The second-order valence-corrected chi connectivity index (χ2v) is 4.81. The minimum absolute atomic E-state index is 0.128. The zero-order chi connectivity index (χ0) is 14.7. The molecule has 0 aliphatic heterocycles. The minimum atomic E-state index is -0.460. The Bertz CT molecular complexity index is 654. The maximum absolute atomic E-state index is 12.1. The summed E-state index contributed by atoms with van der Waals surface area (Å²) >= 11 is 0. The minimum Gasteiger partial charge on any atom is -0.422 e. The highest BCUT2D eigenvalue weighted by Gasteiger charge is 2.14. The lowest BCUT2D eigenvalue weighted by molar-refractivity contribution is 0.0733. The van der Waals surface area contributed by atoms with Gasteiger partial charge in [0.05, 0.1) is 11.1 Å². The Labute approximate surface area is 118 Å². The highest BCUT2D eigenvalue weighted by Crippen LogP contribution is 2.22. The fraction of sp³-hybridized carbons (Fsp3) is 0.176. The molecule has 2 aromatic rings. The molecular weight excluding hydrogens is 252 g/mol. The second-order valence-electron chi connectivity index (χ2n) is 4.81. The molecule has 3 heteroatoms. The smallest absolute Gasteiger partial charge is 0.343 e. The van der Waals surface area contributed by atoms with Gasteiger partial charge in [0.1, 0.15) is 5.75 Å². The lowest BCUT2D eigenvalue weighted by Crippen LogP contribution is -2.11. The van der Waals surface area contributed by atoms with E-state index in [1.54, 1.807) is 24.3 Å². The molecule has 2 aromatic carbocycles. The quantitative estimate of drug-likeness (QED) is 0.484. The number of hydrogen-bond donors (Lipinski definition) is 0. The molecule has 0 saturated heterocycles. The highest BCUT2D eigenvalue weighted by atomic mass is 16.5. The van der Waals surface area contributed by atoms with E-state index in [1.165, 1.54) is 6.92 Å². The van der Waals surface area contributed by atoms with Crippen LogP contribution in [-0.4, -0.2) is 11.8 Å². The van der Waals surface area contributed by atoms with Crippen LogP contribution in [0.3, 0.4) is 0 Å². The summed E-state index contributed by atoms with van der Waals surface area (Å²) in [6.45, 7) is 5.28. The predicted octanol–water partition coefficient (Wildman–Crippen LogP) is 3.73. The molecule has 0 aliphatic rings. The van der Waals surface area contributed by atoms with Gasteiger partial charge in [-0.15, -0.1) is 0 Å². The zero-order valence-electron chi connectivity index (χ0n) is 11.8. The van der Waals surface area contributed by atoms with Gasteiger partial charge in [-0.05, 0) is 50.6 Å². The number of carbonyl (C=O) groups excluding carboxylic acids is 2. The largest absolute Gasteiger partial charge is 0.422 e. The van der Waals surface area contributed by atoms with Crippen LogP contribution in [-0.2, 0) is 0 Å². The van der Waals surface area contributed by atoms with Gasteiger partial charge in [0.25, 0.3) is 0 Å². The maximum atomic E-state index is 12.1. The molecule has 0 atom stereocenters. The van der Waals surface area contributed by atoms with Gasteiger partial charge < -0.3 is 4.74 Å². The van der Waals surface area contributed by atoms with E-state index in [0.717, 1.165) is 11.1 Å². The molecule has 0 aliphatic carbocycles. The van der Waals surface area contributed by atoms with Gasteiger partial charge >= 0.3 is 5.97 Å². The van der Waals surface area contributed by atoms with E-state index in [2.05, 4.69) is 0 Å². The molecule has 0 saturated carbocycles. The number of ketones is 1. The lowest BCUT2D eigenvalue weighted by atomic mass is 10.1. The van der Waals surface area contributed by atoms with Crippen LogP contribution in [0.4, 0.5) is 0 Å². The molecule has 2 rings (SSSR count). The number of hydrogen-bond acceptors (Lipinski definition) is 3. The summed E-state index contributed by atoms with van der Waals surface area (Å²) < 4.78 is 5.35. The third kappa shape index (κ3) is 3.12. The number of benzene rings is 2. The molecule has 102 valence electrons. The van der Waals surface area contributed by atoms with Crippen molar-refractivity contribution in [1.29, 1.82) is 0 Å². The van der Waals surface area contributed by atoms with Crippen molar-refractivity contribution in [3.05, 3.63) is 64.7 Å². The van der Waals surface area contributed by atoms with E-state index < -0.39 is 5.97 Å². The van der Waals surface area contributed by atoms with Gasteiger partial charge in [0.15, 0.2) is 5.78 Å². The van der Waals surface area contributed by atoms with Crippen molar-refractivity contribution in [2.24, 2.45) is 0 Å². The first-order chi connectivity index (χ1) is 9.47. The van der Waals surface area contributed by atoms with E-state index >= 15 is 0 Å². The third-order valence-electron chi connectivity index (χ3n) is 3.01. The Balaban J connectivity index is 2.29. The van der Waals surface area contributed by atoms with Gasteiger partial charge in [-0.1, -0.05) is 23.8 Å². The Kier molecular flexibility index (Phi) is 3.99. The van der Waals surface area contributed by atoms with E-state index in [-0.39, 0.29) is 5.78 Å². The van der Waals surface area contributed by atoms with Gasteiger partial charge in [0, 0.05) is 0 Å². The van der Waals surface area contributed by atoms with Crippen LogP contribution in [0, 0.1) is 13.8 Å². The van der Waals surface area contributed by atoms with Crippen molar-refractivity contribution in [3.8, 4) is 5.75 Å². The highest BCUT2D eigenvalue weighted by molar-refractivity contribution is 5.99. The van der Waals surface area contributed by atoms with Gasteiger partial charge in [-0.3, -0.25) is 4.79 Å². The molecule has 0 heterocycles. The molecule has 3 nitrogen and oxygen atoms in total. The monoisotopic (exact) mass is 268 g/mol. The average Bonchev–Trinajstić information content (AvgIpc) is 2.39. The molecule has 0 fully saturated rings. The molecular formula is C17H16O3. The molecule has 20 heavy (non-hydrogen) atoms. The lowest BCUT2D eigenvalue weighted by Gasteiger charge is -2.09. The van der Waals surface area contributed by atoms with Gasteiger partial charge in [-0.25, -0.2) is 4.79 Å². The van der Waals surface area contributed by atoms with Crippen molar-refractivity contribution in [2.75, 3.05) is 0 Å². The van der Waals surface area contributed by atoms with Crippen LogP contribution in [0.15, 0.2) is 42.5 Å². The summed E-state index contributed by atoms with van der Waals surface area (Å²) in [5, 5.41) is 0. The molecule has 0 bridgehead atoms. The van der Waals surface area contributed by atoms with E-state index in [1.807, 2.05) is 32.0 Å². The first-order valence-corrected chi connectivity index (χ1v) is 6.38. The van der Waals surface area contributed by atoms with Crippen molar-refractivity contribution < 1.29 is 14.3 Å². The van der Waals surface area contributed by atoms with Crippen LogP contribution in [0.25, 0.3) is 0 Å². The van der Waals surface area contributed by atoms with E-state index in [0.29, 0.717) is 16.9 Å². The van der Waals surface area contributed by atoms with E-state index in [4.69, 9.17) is 4.74 Å². The summed E-state index contributed by atoms with van der Waals surface area (Å²) in [6, 6.07) is 12.3. The molecule has 0 amide bonds. The SMILES string of the molecule is CC(=O)c1ccc(C)cc1OC(=O)c1ccc(C)cc1. The normalized spacial score (nSPS) is 10.2. The molecule has 0 aromatic heterocycles. The number of aryl methyl sites for hydroxylation is 2. The number of Topliss-reactive ketones (excluding diaryl/α,β-unsaturated/α-hetero) is 1. The van der Waals surface area contributed by atoms with Crippen molar-refractivity contribution >= 4 is 11.8 Å². The molecule has 0 radical (unpaired) electrons. The van der Waals surface area contributed by atoms with Crippen LogP contribution >= 0.6 is 0 Å². The van der Waals surface area contributed by atoms with Crippen molar-refractivity contribution in [3.63, 3.8) is 0 Å². The van der Waals surface area contributed by atoms with Crippen LogP contribution in [0.5, 0.6) is 5.75 Å². The van der Waals surface area contributed by atoms with Crippen LogP contribution in [0.1, 0.15) is 38.8 Å². The maximum Gasteiger partial charge on any atom is 0.343 e. The Hall–Kier alpha value is -2.42. The van der Waals surface area contributed by atoms with E-state index in [9.17, 15) is 9.59 Å². The molecule has 0 N–H and O–H groups in total. The number of carbonyl (C=O) groups is 2. The van der Waals surface area contributed by atoms with Crippen molar-refractivity contribution in [2.45, 2.75) is 20.8 Å². The first-order valence-electron chi connectivity index (χ1n) is 6.38. The predicted molar refractivity (Wildman–Crippen MR) is 77.3 cm³/mol. The first kappa shape index (κ1) is 14.0. The number of rotatable bonds is 3. The van der Waals surface area contributed by atoms with Gasteiger partial charge in [0.2, 0.25) is 0 Å². The number of esters is 1. The average molecular weight is 268 g/mol. The van der Waals surface area contributed by atoms with Crippen LogP contribution < -0.4 is 4.74 Å². The summed E-state index contributed by atoms with van der Waals surface area (Å²) in [5.74, 6) is -0.280. The van der Waals surface area contributed by atoms with Crippen LogP contribution in [0.2, 0.25) is 0 Å². The standard InChI is InChI=1S/C17H16O3/c1-11-4-7-14(8-5-11)17(19)20-16-10-12(2)6-9-15(16)13(3)18/h4-10H,1-3H3. The zero-order valence-corrected chi connectivity index (χ0v) is 11.8. The summed E-state index contributed by atoms with van der Waals surface area (Å²) in [6.07, 6.45) is 0. The van der Waals surface area contributed by atoms with Gasteiger partial charge in [-0.2, -0.15) is 0 Å². The topological polar surface area (TPSA) is 43.4 Å². The second kappa shape index (κ2) is 5.70. The van der Waals surface area contributed by atoms with Crippen molar-refractivity contribution in [1.82, 2.24) is 0 Å². The Morgan fingerprint density at radius 2 is 1.50 bits per heavy atom. The molecule has 0 spiro atoms. The summed E-state index contributed by atoms with van der Waals surface area (Å²) in [4.78, 5) is 23.6.